The molecule has 188 valence electrons. The van der Waals surface area contributed by atoms with Crippen molar-refractivity contribution in [1.82, 2.24) is 4.57 Å². The number of para-hydroxylation sites is 1. The van der Waals surface area contributed by atoms with Crippen LogP contribution in [0, 0.1) is 13.8 Å². The molecule has 6 rings (SSSR count). The average Bonchev–Trinajstić information content (AvgIpc) is 3.25. The van der Waals surface area contributed by atoms with Gasteiger partial charge in [-0.3, -0.25) is 0 Å². The third kappa shape index (κ3) is 4.25. The van der Waals surface area contributed by atoms with Crippen LogP contribution in [-0.4, -0.2) is 4.57 Å². The topological polar surface area (TPSA) is 4.93 Å². The lowest BCUT2D eigenvalue weighted by molar-refractivity contribution is 1.09. The molecule has 1 aromatic heterocycles. The molecule has 0 fully saturated rings. The van der Waals surface area contributed by atoms with E-state index in [1.54, 1.807) is 0 Å². The molecule has 0 bridgehead atoms. The van der Waals surface area contributed by atoms with Crippen molar-refractivity contribution in [3.05, 3.63) is 138 Å². The van der Waals surface area contributed by atoms with Crippen LogP contribution in [0.25, 0.3) is 49.3 Å². The number of nitrogens with zero attached hydrogens (tertiary/aromatic N) is 1. The van der Waals surface area contributed by atoms with E-state index < -0.39 is 0 Å². The predicted molar refractivity (Wildman–Crippen MR) is 168 cm³/mol. The largest absolute Gasteiger partial charge is 0.309 e. The second-order valence-corrected chi connectivity index (χ2v) is 9.61. The molecule has 0 atom stereocenters. The molecule has 0 unspecified atom stereocenters. The normalized spacial score (nSPS) is 11.8. The minimum Gasteiger partial charge on any atom is -0.309 e. The van der Waals surface area contributed by atoms with Gasteiger partial charge in [0, 0.05) is 16.6 Å². The molecule has 0 amide bonds. The molecule has 1 nitrogen and oxygen atoms in total. The molecular weight excluding hydrogens is 458 g/mol. The third-order valence-corrected chi connectivity index (χ3v) is 7.48. The van der Waals surface area contributed by atoms with Crippen LogP contribution >= 0.6 is 0 Å². The standard InChI is InChI=1S/C35H29N.C2H6/c1-5-31(24(3)33-22-29-15-9-8-13-27(29)20-23(33)2)35-25(4)32-16-10-11-17-34(32)36(35)30-19-18-26-12-6-7-14-28(26)21-30;1-2/h5-22H,1H2,2-4H3;1-2H3/b31-24+;. The van der Waals surface area contributed by atoms with Crippen LogP contribution in [0.2, 0.25) is 0 Å². The Labute approximate surface area is 226 Å². The fourth-order valence-corrected chi connectivity index (χ4v) is 5.64. The van der Waals surface area contributed by atoms with E-state index in [-0.39, 0.29) is 0 Å². The van der Waals surface area contributed by atoms with Crippen LogP contribution in [0.15, 0.2) is 116 Å². The third-order valence-electron chi connectivity index (χ3n) is 7.48. The highest BCUT2D eigenvalue weighted by Crippen LogP contribution is 2.39. The fourth-order valence-electron chi connectivity index (χ4n) is 5.64. The minimum absolute atomic E-state index is 1.16. The second-order valence-electron chi connectivity index (χ2n) is 9.61. The Kier molecular flexibility index (Phi) is 7.03. The Hall–Kier alpha value is -4.36. The van der Waals surface area contributed by atoms with Crippen LogP contribution in [0.3, 0.4) is 0 Å². The van der Waals surface area contributed by atoms with Crippen molar-refractivity contribution in [3.8, 4) is 5.69 Å². The number of benzene rings is 5. The van der Waals surface area contributed by atoms with E-state index in [2.05, 4.69) is 135 Å². The molecule has 0 radical (unpaired) electrons. The quantitative estimate of drug-likeness (QED) is 0.215. The van der Waals surface area contributed by atoms with Crippen molar-refractivity contribution < 1.29 is 0 Å². The van der Waals surface area contributed by atoms with E-state index in [1.165, 1.54) is 60.4 Å². The van der Waals surface area contributed by atoms with Gasteiger partial charge < -0.3 is 4.57 Å². The van der Waals surface area contributed by atoms with Crippen molar-refractivity contribution >= 4 is 43.6 Å². The summed E-state index contributed by atoms with van der Waals surface area (Å²) < 4.78 is 2.41. The van der Waals surface area contributed by atoms with Gasteiger partial charge in [-0.1, -0.05) is 105 Å². The Balaban J connectivity index is 0.00000144. The summed E-state index contributed by atoms with van der Waals surface area (Å²) in [5.74, 6) is 0. The first-order chi connectivity index (χ1) is 18.6. The minimum atomic E-state index is 1.16. The lowest BCUT2D eigenvalue weighted by Gasteiger charge is -2.18. The summed E-state index contributed by atoms with van der Waals surface area (Å²) in [6.45, 7) is 15.0. The van der Waals surface area contributed by atoms with E-state index >= 15 is 0 Å². The van der Waals surface area contributed by atoms with Crippen LogP contribution in [0.1, 0.15) is 43.2 Å². The Bertz CT molecular complexity index is 1830. The number of hydrogen-bond acceptors (Lipinski definition) is 0. The molecule has 0 spiro atoms. The van der Waals surface area contributed by atoms with E-state index in [4.69, 9.17) is 0 Å². The van der Waals surface area contributed by atoms with E-state index in [1.807, 2.05) is 19.9 Å². The maximum atomic E-state index is 4.30. The van der Waals surface area contributed by atoms with Crippen molar-refractivity contribution in [2.24, 2.45) is 0 Å². The fraction of sp³-hybridized carbons (Fsp3) is 0.135. The molecule has 0 aliphatic carbocycles. The first-order valence-corrected chi connectivity index (χ1v) is 13.5. The summed E-state index contributed by atoms with van der Waals surface area (Å²) in [7, 11) is 0. The number of allylic oxidation sites excluding steroid dienone is 3. The highest BCUT2D eigenvalue weighted by Gasteiger charge is 2.20. The summed E-state index contributed by atoms with van der Waals surface area (Å²) >= 11 is 0. The van der Waals surface area contributed by atoms with Crippen molar-refractivity contribution in [1.29, 1.82) is 0 Å². The Morgan fingerprint density at radius 2 is 1.26 bits per heavy atom. The average molecular weight is 494 g/mol. The summed E-state index contributed by atoms with van der Waals surface area (Å²) in [6.07, 6.45) is 2.03. The monoisotopic (exact) mass is 493 g/mol. The maximum Gasteiger partial charge on any atom is 0.0572 e. The summed E-state index contributed by atoms with van der Waals surface area (Å²) in [6, 6.07) is 37.2. The zero-order chi connectivity index (χ0) is 26.8. The number of aryl methyl sites for hydroxylation is 2. The van der Waals surface area contributed by atoms with Gasteiger partial charge in [-0.15, -0.1) is 0 Å². The highest BCUT2D eigenvalue weighted by molar-refractivity contribution is 6.02. The van der Waals surface area contributed by atoms with Gasteiger partial charge in [-0.05, 0) is 88.8 Å². The molecular formula is C37H35N. The lowest BCUT2D eigenvalue weighted by atomic mass is 9.92. The summed E-state index contributed by atoms with van der Waals surface area (Å²) in [5, 5.41) is 6.28. The van der Waals surface area contributed by atoms with Crippen molar-refractivity contribution in [2.45, 2.75) is 34.6 Å². The van der Waals surface area contributed by atoms with Crippen LogP contribution in [0.4, 0.5) is 0 Å². The summed E-state index contributed by atoms with van der Waals surface area (Å²) in [4.78, 5) is 0. The molecule has 0 aliphatic heterocycles. The van der Waals surface area contributed by atoms with Gasteiger partial charge in [-0.25, -0.2) is 0 Å². The molecule has 1 heterocycles. The first kappa shape index (κ1) is 25.3. The molecule has 0 saturated heterocycles. The predicted octanol–water partition coefficient (Wildman–Crippen LogP) is 10.7. The van der Waals surface area contributed by atoms with Crippen LogP contribution in [0.5, 0.6) is 0 Å². The first-order valence-electron chi connectivity index (χ1n) is 13.5. The number of aromatic nitrogens is 1. The molecule has 0 saturated carbocycles. The van der Waals surface area contributed by atoms with E-state index in [9.17, 15) is 0 Å². The van der Waals surface area contributed by atoms with Crippen molar-refractivity contribution in [3.63, 3.8) is 0 Å². The SMILES string of the molecule is C=C/C(=C(/C)c1cc2ccccc2cc1C)c1c(C)c2ccccc2n1-c1ccc2ccccc2c1.CC. The Morgan fingerprint density at radius 1 is 0.684 bits per heavy atom. The van der Waals surface area contributed by atoms with Crippen molar-refractivity contribution in [2.75, 3.05) is 0 Å². The molecule has 0 aliphatic rings. The van der Waals surface area contributed by atoms with Gasteiger partial charge in [-0.2, -0.15) is 0 Å². The van der Waals surface area contributed by atoms with E-state index in [0.29, 0.717) is 0 Å². The molecule has 1 heteroatoms. The Morgan fingerprint density at radius 3 is 1.95 bits per heavy atom. The van der Waals surface area contributed by atoms with Crippen LogP contribution in [-0.2, 0) is 0 Å². The zero-order valence-electron chi connectivity index (χ0n) is 23.0. The van der Waals surface area contributed by atoms with Gasteiger partial charge in [0.25, 0.3) is 0 Å². The molecule has 6 aromatic rings. The van der Waals surface area contributed by atoms with Gasteiger partial charge in [0.05, 0.1) is 11.2 Å². The van der Waals surface area contributed by atoms with E-state index in [0.717, 1.165) is 11.3 Å². The number of fused-ring (bicyclic) bond motifs is 3. The van der Waals surface area contributed by atoms with Gasteiger partial charge in [0.2, 0.25) is 0 Å². The van der Waals surface area contributed by atoms with Crippen LogP contribution < -0.4 is 0 Å². The summed E-state index contributed by atoms with van der Waals surface area (Å²) in [5.41, 5.74) is 9.78. The van der Waals surface area contributed by atoms with Gasteiger partial charge in [0.15, 0.2) is 0 Å². The zero-order valence-corrected chi connectivity index (χ0v) is 23.0. The number of hydrogen-bond donors (Lipinski definition) is 0. The van der Waals surface area contributed by atoms with Gasteiger partial charge >= 0.3 is 0 Å². The highest BCUT2D eigenvalue weighted by atomic mass is 15.0. The smallest absolute Gasteiger partial charge is 0.0572 e. The maximum absolute atomic E-state index is 4.30. The molecule has 5 aromatic carbocycles. The van der Waals surface area contributed by atoms with Gasteiger partial charge in [0.1, 0.15) is 0 Å². The molecule has 0 N–H and O–H groups in total. The number of rotatable bonds is 4. The second kappa shape index (κ2) is 10.6. The molecule has 38 heavy (non-hydrogen) atoms. The lowest BCUT2D eigenvalue weighted by Crippen LogP contribution is -2.02.